The zero-order valence-electron chi connectivity index (χ0n) is 21.2. The lowest BCUT2D eigenvalue weighted by atomic mass is 9.94. The maximum Gasteiger partial charge on any atom is 0.274 e. The summed E-state index contributed by atoms with van der Waals surface area (Å²) in [7, 11) is 0. The van der Waals surface area contributed by atoms with Gasteiger partial charge in [0.05, 0.1) is 11.1 Å². The van der Waals surface area contributed by atoms with Crippen molar-refractivity contribution in [3.05, 3.63) is 77.7 Å². The lowest BCUT2D eigenvalue weighted by Crippen LogP contribution is -2.29. The second kappa shape index (κ2) is 11.1. The summed E-state index contributed by atoms with van der Waals surface area (Å²) in [4.78, 5) is 15.3. The Labute approximate surface area is 220 Å². The van der Waals surface area contributed by atoms with Crippen LogP contribution in [0.1, 0.15) is 42.2 Å². The van der Waals surface area contributed by atoms with Crippen LogP contribution in [-0.2, 0) is 6.54 Å². The van der Waals surface area contributed by atoms with Gasteiger partial charge < -0.3 is 20.1 Å². The Balaban J connectivity index is 1.57. The van der Waals surface area contributed by atoms with E-state index < -0.39 is 11.7 Å². The minimum absolute atomic E-state index is 0.0986. The zero-order valence-corrected chi connectivity index (χ0v) is 21.2. The smallest absolute Gasteiger partial charge is 0.274 e. The quantitative estimate of drug-likeness (QED) is 0.281. The number of halogens is 1. The maximum atomic E-state index is 13.5. The van der Waals surface area contributed by atoms with Crippen molar-refractivity contribution in [2.75, 3.05) is 19.6 Å². The van der Waals surface area contributed by atoms with Crippen molar-refractivity contribution >= 4 is 5.91 Å². The number of hydrogen-bond donors (Lipinski definition) is 3. The molecular formula is C30H30FN3O4. The van der Waals surface area contributed by atoms with Gasteiger partial charge in [-0.25, -0.2) is 4.39 Å². The van der Waals surface area contributed by atoms with Crippen molar-refractivity contribution in [3.8, 4) is 45.1 Å². The number of aromatic nitrogens is 1. The predicted octanol–water partition coefficient (Wildman–Crippen LogP) is 5.96. The van der Waals surface area contributed by atoms with Gasteiger partial charge in [0.2, 0.25) is 0 Å². The molecule has 2 heterocycles. The number of hydrogen-bond acceptors (Lipinski definition) is 6. The molecule has 1 aliphatic heterocycles. The molecule has 0 radical (unpaired) electrons. The molecule has 196 valence electrons. The first-order valence-corrected chi connectivity index (χ1v) is 12.9. The first-order valence-electron chi connectivity index (χ1n) is 12.9. The van der Waals surface area contributed by atoms with Gasteiger partial charge in [0.25, 0.3) is 5.91 Å². The third-order valence-corrected chi connectivity index (χ3v) is 6.86. The summed E-state index contributed by atoms with van der Waals surface area (Å²) in [6, 6.07) is 16.3. The molecule has 0 aliphatic carbocycles. The maximum absolute atomic E-state index is 13.5. The molecule has 1 fully saturated rings. The number of carbonyl (C=O) groups is 1. The van der Waals surface area contributed by atoms with E-state index in [0.717, 1.165) is 19.6 Å². The van der Waals surface area contributed by atoms with Crippen LogP contribution in [0.2, 0.25) is 0 Å². The van der Waals surface area contributed by atoms with E-state index in [1.807, 2.05) is 31.2 Å². The first-order chi connectivity index (χ1) is 18.4. The molecule has 1 saturated heterocycles. The molecule has 3 aromatic carbocycles. The van der Waals surface area contributed by atoms with E-state index in [1.54, 1.807) is 6.07 Å². The average molecular weight is 516 g/mol. The highest BCUT2D eigenvalue weighted by Gasteiger charge is 2.27. The highest BCUT2D eigenvalue weighted by molar-refractivity contribution is 6.03. The highest BCUT2D eigenvalue weighted by atomic mass is 19.1. The van der Waals surface area contributed by atoms with Gasteiger partial charge in [0, 0.05) is 24.7 Å². The summed E-state index contributed by atoms with van der Waals surface area (Å²) < 4.78 is 19.2. The van der Waals surface area contributed by atoms with Crippen molar-refractivity contribution < 1.29 is 23.9 Å². The van der Waals surface area contributed by atoms with Gasteiger partial charge in [-0.15, -0.1) is 0 Å². The SMILES string of the molecule is CCNC(=O)c1noc(-c2cc(-c3ccc(F)cc3)c(O)cc2O)c1-c1ccc(CN2CCCCC2)cc1. The number of phenolic OH excluding ortho intramolecular Hbond substituents is 2. The van der Waals surface area contributed by atoms with Gasteiger partial charge in [-0.2, -0.15) is 0 Å². The molecule has 0 bridgehead atoms. The van der Waals surface area contributed by atoms with Gasteiger partial charge in [-0.3, -0.25) is 9.69 Å². The van der Waals surface area contributed by atoms with Crippen LogP contribution in [0.15, 0.2) is 65.2 Å². The van der Waals surface area contributed by atoms with E-state index >= 15 is 0 Å². The summed E-state index contributed by atoms with van der Waals surface area (Å²) in [5, 5.41) is 28.2. The Kier molecular flexibility index (Phi) is 7.42. The monoisotopic (exact) mass is 515 g/mol. The molecule has 4 aromatic rings. The molecule has 5 rings (SSSR count). The number of carbonyl (C=O) groups excluding carboxylic acids is 1. The average Bonchev–Trinajstić information content (AvgIpc) is 3.36. The van der Waals surface area contributed by atoms with Gasteiger partial charge in [-0.1, -0.05) is 48.0 Å². The molecule has 0 atom stereocenters. The molecule has 8 heteroatoms. The summed E-state index contributed by atoms with van der Waals surface area (Å²) in [6.45, 7) is 5.27. The molecule has 1 aliphatic rings. The number of benzene rings is 3. The molecular weight excluding hydrogens is 485 g/mol. The van der Waals surface area contributed by atoms with E-state index in [4.69, 9.17) is 4.52 Å². The predicted molar refractivity (Wildman–Crippen MR) is 143 cm³/mol. The molecule has 0 saturated carbocycles. The van der Waals surface area contributed by atoms with Gasteiger partial charge in [-0.05, 0) is 67.7 Å². The number of phenols is 2. The van der Waals surface area contributed by atoms with Crippen LogP contribution >= 0.6 is 0 Å². The Bertz CT molecular complexity index is 1430. The highest BCUT2D eigenvalue weighted by Crippen LogP contribution is 2.44. The van der Waals surface area contributed by atoms with Crippen molar-refractivity contribution in [2.45, 2.75) is 32.7 Å². The van der Waals surface area contributed by atoms with Crippen LogP contribution in [0.4, 0.5) is 4.39 Å². The lowest BCUT2D eigenvalue weighted by molar-refractivity contribution is 0.0947. The molecule has 1 amide bonds. The fourth-order valence-electron chi connectivity index (χ4n) is 4.91. The zero-order chi connectivity index (χ0) is 26.6. The van der Waals surface area contributed by atoms with Gasteiger partial charge >= 0.3 is 0 Å². The molecule has 0 spiro atoms. The number of nitrogens with one attached hydrogen (secondary N) is 1. The summed E-state index contributed by atoms with van der Waals surface area (Å²) >= 11 is 0. The molecule has 0 unspecified atom stereocenters. The molecule has 7 nitrogen and oxygen atoms in total. The number of aromatic hydroxyl groups is 2. The van der Waals surface area contributed by atoms with Crippen LogP contribution in [0.5, 0.6) is 11.5 Å². The fourth-order valence-corrected chi connectivity index (χ4v) is 4.91. The Morgan fingerprint density at radius 3 is 2.29 bits per heavy atom. The standard InChI is InChI=1S/C30H30FN3O4/c1-2-32-30(37)28-27(21-8-6-19(7-9-21)18-34-14-4-3-5-15-34)29(38-33-28)24-16-23(25(35)17-26(24)36)20-10-12-22(31)13-11-20/h6-13,16-17,35-36H,2-5,14-15,18H2,1H3,(H,32,37). The molecule has 38 heavy (non-hydrogen) atoms. The van der Waals surface area contributed by atoms with Crippen LogP contribution in [0.25, 0.3) is 33.6 Å². The minimum atomic E-state index is -0.403. The number of piperidine rings is 1. The van der Waals surface area contributed by atoms with Crippen LogP contribution in [0.3, 0.4) is 0 Å². The van der Waals surface area contributed by atoms with Crippen molar-refractivity contribution in [1.29, 1.82) is 0 Å². The minimum Gasteiger partial charge on any atom is -0.507 e. The summed E-state index contributed by atoms with van der Waals surface area (Å²) in [5.41, 5.74) is 3.58. The third-order valence-electron chi connectivity index (χ3n) is 6.86. The van der Waals surface area contributed by atoms with E-state index in [1.165, 1.54) is 55.2 Å². The molecule has 3 N–H and O–H groups in total. The summed E-state index contributed by atoms with van der Waals surface area (Å²) in [5.74, 6) is -1.03. The normalized spacial score (nSPS) is 13.9. The van der Waals surface area contributed by atoms with E-state index in [9.17, 15) is 19.4 Å². The Hall–Kier alpha value is -4.17. The number of likely N-dealkylation sites (tertiary alicyclic amines) is 1. The van der Waals surface area contributed by atoms with Crippen molar-refractivity contribution in [2.24, 2.45) is 0 Å². The molecule has 1 aromatic heterocycles. The van der Waals surface area contributed by atoms with Crippen molar-refractivity contribution in [1.82, 2.24) is 15.4 Å². The van der Waals surface area contributed by atoms with E-state index in [0.29, 0.717) is 28.8 Å². The second-order valence-corrected chi connectivity index (χ2v) is 9.52. The lowest BCUT2D eigenvalue weighted by Gasteiger charge is -2.26. The Morgan fingerprint density at radius 1 is 0.947 bits per heavy atom. The largest absolute Gasteiger partial charge is 0.507 e. The van der Waals surface area contributed by atoms with Crippen LogP contribution in [0, 0.1) is 5.82 Å². The second-order valence-electron chi connectivity index (χ2n) is 9.52. The van der Waals surface area contributed by atoms with Gasteiger partial charge in [0.1, 0.15) is 17.3 Å². The number of amides is 1. The fraction of sp³-hybridized carbons (Fsp3) is 0.267. The van der Waals surface area contributed by atoms with Crippen LogP contribution < -0.4 is 5.32 Å². The van der Waals surface area contributed by atoms with Crippen molar-refractivity contribution in [3.63, 3.8) is 0 Å². The topological polar surface area (TPSA) is 98.8 Å². The van der Waals surface area contributed by atoms with Gasteiger partial charge in [0.15, 0.2) is 11.5 Å². The Morgan fingerprint density at radius 2 is 1.61 bits per heavy atom. The first kappa shape index (κ1) is 25.5. The van der Waals surface area contributed by atoms with E-state index in [-0.39, 0.29) is 28.5 Å². The summed E-state index contributed by atoms with van der Waals surface area (Å²) in [6.07, 6.45) is 3.71. The third kappa shape index (κ3) is 5.26. The van der Waals surface area contributed by atoms with E-state index in [2.05, 4.69) is 15.4 Å². The number of nitrogens with zero attached hydrogens (tertiary/aromatic N) is 2. The van der Waals surface area contributed by atoms with Crippen LogP contribution in [-0.4, -0.2) is 45.8 Å². The number of rotatable bonds is 7.